The van der Waals surface area contributed by atoms with Crippen molar-refractivity contribution < 1.29 is 9.90 Å². The van der Waals surface area contributed by atoms with E-state index in [0.29, 0.717) is 13.0 Å². The van der Waals surface area contributed by atoms with Gasteiger partial charge in [-0.25, -0.2) is 0 Å². The Bertz CT molecular complexity index is 119. The fourth-order valence-electron chi connectivity index (χ4n) is 0.770. The molecule has 11 heavy (non-hydrogen) atoms. The lowest BCUT2D eigenvalue weighted by Gasteiger charge is -2.13. The second-order valence-corrected chi connectivity index (χ2v) is 2.91. The van der Waals surface area contributed by atoms with Gasteiger partial charge >= 0.3 is 0 Å². The lowest BCUT2D eigenvalue weighted by Crippen LogP contribution is -2.23. The van der Waals surface area contributed by atoms with E-state index in [-0.39, 0.29) is 11.8 Å². The standard InChI is InChI=1S/C7H14ClNO2/c1-9(5-6-10)4-2-3-7(8)11/h10H,2-6H2,1H3. The third kappa shape index (κ3) is 7.78. The van der Waals surface area contributed by atoms with Crippen LogP contribution >= 0.6 is 11.6 Å². The Morgan fingerprint density at radius 2 is 2.18 bits per heavy atom. The SMILES string of the molecule is CN(CCO)CCCC(=O)Cl. The number of nitrogens with zero attached hydrogens (tertiary/aromatic N) is 1. The third-order valence-corrected chi connectivity index (χ3v) is 1.58. The van der Waals surface area contributed by atoms with Crippen molar-refractivity contribution in [3.8, 4) is 0 Å². The first-order chi connectivity index (χ1) is 5.16. The molecule has 0 aliphatic heterocycles. The van der Waals surface area contributed by atoms with Crippen molar-refractivity contribution in [1.82, 2.24) is 4.90 Å². The van der Waals surface area contributed by atoms with Gasteiger partial charge in [-0.1, -0.05) is 0 Å². The van der Waals surface area contributed by atoms with Gasteiger partial charge in [0.25, 0.3) is 0 Å². The Hall–Kier alpha value is -0.120. The van der Waals surface area contributed by atoms with E-state index in [4.69, 9.17) is 16.7 Å². The Morgan fingerprint density at radius 1 is 1.55 bits per heavy atom. The minimum Gasteiger partial charge on any atom is -0.395 e. The largest absolute Gasteiger partial charge is 0.395 e. The molecule has 0 spiro atoms. The first-order valence-electron chi connectivity index (χ1n) is 3.64. The summed E-state index contributed by atoms with van der Waals surface area (Å²) in [6, 6.07) is 0. The summed E-state index contributed by atoms with van der Waals surface area (Å²) in [5, 5.41) is 8.22. The summed E-state index contributed by atoms with van der Waals surface area (Å²) in [5.41, 5.74) is 0. The molecule has 1 N–H and O–H groups in total. The van der Waals surface area contributed by atoms with Gasteiger partial charge in [0.05, 0.1) is 6.61 Å². The fourth-order valence-corrected chi connectivity index (χ4v) is 0.904. The lowest BCUT2D eigenvalue weighted by atomic mass is 10.3. The zero-order valence-corrected chi connectivity index (χ0v) is 7.47. The number of carbonyl (C=O) groups excluding carboxylic acids is 1. The van der Waals surface area contributed by atoms with Crippen LogP contribution in [0, 0.1) is 0 Å². The molecule has 0 radical (unpaired) electrons. The molecule has 0 aromatic heterocycles. The van der Waals surface area contributed by atoms with Crippen molar-refractivity contribution >= 4 is 16.8 Å². The van der Waals surface area contributed by atoms with Crippen LogP contribution in [0.2, 0.25) is 0 Å². The van der Waals surface area contributed by atoms with Crippen LogP contribution in [0.3, 0.4) is 0 Å². The Labute approximate surface area is 71.9 Å². The van der Waals surface area contributed by atoms with Crippen LogP contribution in [0.25, 0.3) is 0 Å². The predicted molar refractivity (Wildman–Crippen MR) is 44.7 cm³/mol. The summed E-state index contributed by atoms with van der Waals surface area (Å²) < 4.78 is 0. The van der Waals surface area contributed by atoms with Gasteiger partial charge in [0, 0.05) is 13.0 Å². The highest BCUT2D eigenvalue weighted by Gasteiger charge is 1.99. The Balaban J connectivity index is 3.16. The molecule has 0 unspecified atom stereocenters. The molecule has 0 aliphatic carbocycles. The van der Waals surface area contributed by atoms with Crippen molar-refractivity contribution in [2.24, 2.45) is 0 Å². The summed E-state index contributed by atoms with van der Waals surface area (Å²) in [6.07, 6.45) is 1.18. The summed E-state index contributed by atoms with van der Waals surface area (Å²) in [6.45, 7) is 1.61. The molecule has 0 saturated heterocycles. The van der Waals surface area contributed by atoms with Crippen LogP contribution in [-0.4, -0.2) is 42.0 Å². The molecule has 0 bridgehead atoms. The van der Waals surface area contributed by atoms with Crippen LogP contribution in [0.15, 0.2) is 0 Å². The molecule has 66 valence electrons. The van der Waals surface area contributed by atoms with Crippen LogP contribution in [-0.2, 0) is 4.79 Å². The van der Waals surface area contributed by atoms with Crippen molar-refractivity contribution in [1.29, 1.82) is 0 Å². The first kappa shape index (κ1) is 10.9. The average Bonchev–Trinajstić information content (AvgIpc) is 1.87. The Morgan fingerprint density at radius 3 is 2.64 bits per heavy atom. The highest BCUT2D eigenvalue weighted by Crippen LogP contribution is 1.95. The molecule has 3 nitrogen and oxygen atoms in total. The van der Waals surface area contributed by atoms with Gasteiger partial charge < -0.3 is 10.0 Å². The van der Waals surface area contributed by atoms with E-state index in [1.165, 1.54) is 0 Å². The molecule has 0 saturated carbocycles. The molecular weight excluding hydrogens is 166 g/mol. The second-order valence-electron chi connectivity index (χ2n) is 2.49. The molecule has 0 amide bonds. The van der Waals surface area contributed by atoms with Crippen molar-refractivity contribution in [3.05, 3.63) is 0 Å². The first-order valence-corrected chi connectivity index (χ1v) is 4.02. The minimum atomic E-state index is -0.289. The summed E-state index contributed by atoms with van der Waals surface area (Å²) in [5.74, 6) is 0. The summed E-state index contributed by atoms with van der Waals surface area (Å²) >= 11 is 5.13. The topological polar surface area (TPSA) is 40.5 Å². The molecule has 0 heterocycles. The highest BCUT2D eigenvalue weighted by atomic mass is 35.5. The zero-order valence-electron chi connectivity index (χ0n) is 6.72. The van der Waals surface area contributed by atoms with Crippen molar-refractivity contribution in [3.63, 3.8) is 0 Å². The highest BCUT2D eigenvalue weighted by molar-refractivity contribution is 6.63. The molecule has 0 aliphatic rings. The third-order valence-electron chi connectivity index (χ3n) is 1.39. The minimum absolute atomic E-state index is 0.158. The number of aliphatic hydroxyl groups is 1. The summed E-state index contributed by atoms with van der Waals surface area (Å²) in [7, 11) is 1.90. The maximum atomic E-state index is 10.3. The van der Waals surface area contributed by atoms with Gasteiger partial charge in [0.15, 0.2) is 0 Å². The van der Waals surface area contributed by atoms with Gasteiger partial charge in [0.1, 0.15) is 0 Å². The molecule has 4 heteroatoms. The molecule has 0 aromatic rings. The molecule has 0 atom stereocenters. The van der Waals surface area contributed by atoms with Gasteiger partial charge in [-0.15, -0.1) is 0 Å². The molecule has 0 fully saturated rings. The van der Waals surface area contributed by atoms with Gasteiger partial charge in [-0.05, 0) is 31.6 Å². The van der Waals surface area contributed by atoms with Crippen LogP contribution in [0.5, 0.6) is 0 Å². The van der Waals surface area contributed by atoms with Crippen LogP contribution in [0.4, 0.5) is 0 Å². The van der Waals surface area contributed by atoms with Gasteiger partial charge in [-0.2, -0.15) is 0 Å². The number of aliphatic hydroxyl groups excluding tert-OH is 1. The zero-order chi connectivity index (χ0) is 8.69. The second kappa shape index (κ2) is 6.58. The fraction of sp³-hybridized carbons (Fsp3) is 0.857. The van der Waals surface area contributed by atoms with E-state index in [1.54, 1.807) is 0 Å². The number of hydrogen-bond acceptors (Lipinski definition) is 3. The van der Waals surface area contributed by atoms with E-state index in [0.717, 1.165) is 13.0 Å². The summed E-state index contributed by atoms with van der Waals surface area (Å²) in [4.78, 5) is 12.2. The van der Waals surface area contributed by atoms with E-state index in [2.05, 4.69) is 0 Å². The van der Waals surface area contributed by atoms with E-state index >= 15 is 0 Å². The van der Waals surface area contributed by atoms with Gasteiger partial charge in [0.2, 0.25) is 5.24 Å². The van der Waals surface area contributed by atoms with Gasteiger partial charge in [-0.3, -0.25) is 4.79 Å². The molecule has 0 aromatic carbocycles. The Kier molecular flexibility index (Phi) is 6.51. The average molecular weight is 180 g/mol. The number of likely N-dealkylation sites (N-methyl/N-ethyl adjacent to an activating group) is 1. The lowest BCUT2D eigenvalue weighted by molar-refractivity contribution is -0.111. The quantitative estimate of drug-likeness (QED) is 0.603. The van der Waals surface area contributed by atoms with Crippen molar-refractivity contribution in [2.45, 2.75) is 12.8 Å². The van der Waals surface area contributed by atoms with E-state index < -0.39 is 0 Å². The van der Waals surface area contributed by atoms with Crippen LogP contribution in [0.1, 0.15) is 12.8 Å². The maximum Gasteiger partial charge on any atom is 0.221 e. The normalized spacial score (nSPS) is 10.5. The number of halogens is 1. The van der Waals surface area contributed by atoms with E-state index in [9.17, 15) is 4.79 Å². The monoisotopic (exact) mass is 179 g/mol. The van der Waals surface area contributed by atoms with Crippen LogP contribution < -0.4 is 0 Å². The predicted octanol–water partition coefficient (Wildman–Crippen LogP) is 0.456. The molecular formula is C7H14ClNO2. The number of hydrogen-bond donors (Lipinski definition) is 1. The molecule has 0 rings (SSSR count). The van der Waals surface area contributed by atoms with Crippen molar-refractivity contribution in [2.75, 3.05) is 26.7 Å². The number of carbonyl (C=O) groups is 1. The maximum absolute atomic E-state index is 10.3. The van der Waals surface area contributed by atoms with E-state index in [1.807, 2.05) is 11.9 Å². The number of rotatable bonds is 6. The smallest absolute Gasteiger partial charge is 0.221 e.